The van der Waals surface area contributed by atoms with E-state index >= 15 is 0 Å². The van der Waals surface area contributed by atoms with Gasteiger partial charge in [0.2, 0.25) is 0 Å². The summed E-state index contributed by atoms with van der Waals surface area (Å²) in [6.45, 7) is 0.559. The van der Waals surface area contributed by atoms with Gasteiger partial charge in [0, 0.05) is 31.2 Å². The number of nitrogens with zero attached hydrogens (tertiary/aromatic N) is 4. The van der Waals surface area contributed by atoms with Gasteiger partial charge in [0.25, 0.3) is 5.56 Å². The molecule has 4 rings (SSSR count). The van der Waals surface area contributed by atoms with Crippen LogP contribution in [0.15, 0.2) is 78.2 Å². The second-order valence-corrected chi connectivity index (χ2v) is 5.36. The molecule has 118 valence electrons. The van der Waals surface area contributed by atoms with Gasteiger partial charge in [-0.3, -0.25) is 9.20 Å². The third-order valence-corrected chi connectivity index (χ3v) is 3.81. The van der Waals surface area contributed by atoms with E-state index in [0.717, 1.165) is 11.3 Å². The Labute approximate surface area is 138 Å². The Bertz CT molecular complexity index is 1040. The smallest absolute Gasteiger partial charge is 0.259 e. The van der Waals surface area contributed by atoms with Gasteiger partial charge < -0.3 is 9.88 Å². The Morgan fingerprint density at radius 3 is 2.79 bits per heavy atom. The second kappa shape index (κ2) is 6.00. The highest BCUT2D eigenvalue weighted by Crippen LogP contribution is 2.15. The van der Waals surface area contributed by atoms with Gasteiger partial charge in [-0.25, -0.2) is 9.97 Å². The molecule has 0 spiro atoms. The number of nitrogens with one attached hydrogen (secondary N) is 1. The number of benzene rings is 1. The van der Waals surface area contributed by atoms with Crippen LogP contribution < -0.4 is 10.9 Å². The summed E-state index contributed by atoms with van der Waals surface area (Å²) >= 11 is 0. The second-order valence-electron chi connectivity index (χ2n) is 5.36. The van der Waals surface area contributed by atoms with E-state index in [0.29, 0.717) is 18.0 Å². The van der Waals surface area contributed by atoms with Crippen molar-refractivity contribution in [3.05, 3.63) is 89.4 Å². The Hall–Kier alpha value is -3.41. The maximum Gasteiger partial charge on any atom is 0.259 e. The van der Waals surface area contributed by atoms with E-state index < -0.39 is 0 Å². The van der Waals surface area contributed by atoms with Crippen LogP contribution in [0.1, 0.15) is 5.56 Å². The Morgan fingerprint density at radius 2 is 1.92 bits per heavy atom. The SMILES string of the molecule is O=c1cc(NCc2ccccc2-n2ccnc2)nc2ccccn12. The highest BCUT2D eigenvalue weighted by atomic mass is 16.1. The lowest BCUT2D eigenvalue weighted by molar-refractivity contribution is 0.992. The third kappa shape index (κ3) is 2.65. The molecule has 3 aromatic heterocycles. The van der Waals surface area contributed by atoms with E-state index in [-0.39, 0.29) is 5.56 Å². The average Bonchev–Trinajstić information content (AvgIpc) is 3.15. The fraction of sp³-hybridized carbons (Fsp3) is 0.0556. The fourth-order valence-electron chi connectivity index (χ4n) is 2.64. The Morgan fingerprint density at radius 1 is 1.04 bits per heavy atom. The zero-order chi connectivity index (χ0) is 16.4. The van der Waals surface area contributed by atoms with E-state index in [9.17, 15) is 4.79 Å². The van der Waals surface area contributed by atoms with E-state index in [1.54, 1.807) is 18.7 Å². The molecule has 0 aliphatic carbocycles. The van der Waals surface area contributed by atoms with Gasteiger partial charge in [-0.2, -0.15) is 0 Å². The summed E-state index contributed by atoms with van der Waals surface area (Å²) in [6, 6.07) is 15.0. The molecule has 0 aliphatic heterocycles. The first kappa shape index (κ1) is 14.2. The third-order valence-electron chi connectivity index (χ3n) is 3.81. The molecule has 0 atom stereocenters. The van der Waals surface area contributed by atoms with Gasteiger partial charge in [-0.05, 0) is 23.8 Å². The van der Waals surface area contributed by atoms with Crippen molar-refractivity contribution in [1.29, 1.82) is 0 Å². The number of aromatic nitrogens is 4. The van der Waals surface area contributed by atoms with Crippen LogP contribution in [0.2, 0.25) is 0 Å². The van der Waals surface area contributed by atoms with Crippen molar-refractivity contribution in [2.75, 3.05) is 5.32 Å². The molecule has 4 aromatic rings. The summed E-state index contributed by atoms with van der Waals surface area (Å²) < 4.78 is 3.48. The Kier molecular flexibility index (Phi) is 3.55. The molecule has 0 radical (unpaired) electrons. The lowest BCUT2D eigenvalue weighted by Crippen LogP contribution is -2.15. The molecule has 0 saturated carbocycles. The van der Waals surface area contributed by atoms with Crippen LogP contribution in [-0.4, -0.2) is 18.9 Å². The lowest BCUT2D eigenvalue weighted by Gasteiger charge is -2.12. The normalized spacial score (nSPS) is 10.8. The summed E-state index contributed by atoms with van der Waals surface area (Å²) in [5.41, 5.74) is 2.65. The van der Waals surface area contributed by atoms with E-state index in [1.165, 1.54) is 10.5 Å². The highest BCUT2D eigenvalue weighted by molar-refractivity contribution is 5.48. The monoisotopic (exact) mass is 317 g/mol. The van der Waals surface area contributed by atoms with Crippen molar-refractivity contribution in [3.63, 3.8) is 0 Å². The molecule has 24 heavy (non-hydrogen) atoms. The number of pyridine rings is 1. The van der Waals surface area contributed by atoms with Crippen LogP contribution in [0.25, 0.3) is 11.3 Å². The number of rotatable bonds is 4. The maximum absolute atomic E-state index is 12.1. The van der Waals surface area contributed by atoms with Crippen molar-refractivity contribution in [1.82, 2.24) is 18.9 Å². The van der Waals surface area contributed by atoms with Crippen LogP contribution in [0.4, 0.5) is 5.82 Å². The van der Waals surface area contributed by atoms with Crippen molar-refractivity contribution >= 4 is 11.5 Å². The predicted molar refractivity (Wildman–Crippen MR) is 92.4 cm³/mol. The van der Waals surface area contributed by atoms with Crippen LogP contribution in [-0.2, 0) is 6.54 Å². The summed E-state index contributed by atoms with van der Waals surface area (Å²) in [5.74, 6) is 0.562. The van der Waals surface area contributed by atoms with Crippen LogP contribution in [0.5, 0.6) is 0 Å². The molecule has 1 N–H and O–H groups in total. The molecule has 0 unspecified atom stereocenters. The van der Waals surface area contributed by atoms with Crippen molar-refractivity contribution in [2.24, 2.45) is 0 Å². The lowest BCUT2D eigenvalue weighted by atomic mass is 10.1. The molecule has 0 saturated heterocycles. The first-order valence-corrected chi connectivity index (χ1v) is 7.60. The van der Waals surface area contributed by atoms with Crippen LogP contribution >= 0.6 is 0 Å². The standard InChI is InChI=1S/C18H15N5O/c24-18-11-16(21-17-7-3-4-9-23(17)18)20-12-14-5-1-2-6-15(14)22-10-8-19-13-22/h1-11,13,20H,12H2. The maximum atomic E-state index is 12.1. The van der Waals surface area contributed by atoms with Gasteiger partial charge in [0.15, 0.2) is 0 Å². The van der Waals surface area contributed by atoms with Gasteiger partial charge in [-0.1, -0.05) is 24.3 Å². The molecule has 3 heterocycles. The fourth-order valence-corrected chi connectivity index (χ4v) is 2.64. The molecular formula is C18H15N5O. The minimum absolute atomic E-state index is 0.106. The summed E-state index contributed by atoms with van der Waals surface area (Å²) in [4.78, 5) is 20.7. The summed E-state index contributed by atoms with van der Waals surface area (Å²) in [6.07, 6.45) is 7.12. The first-order valence-electron chi connectivity index (χ1n) is 7.60. The van der Waals surface area contributed by atoms with E-state index in [2.05, 4.69) is 15.3 Å². The zero-order valence-electron chi connectivity index (χ0n) is 12.8. The molecule has 0 bridgehead atoms. The molecule has 6 heteroatoms. The van der Waals surface area contributed by atoms with E-state index in [1.807, 2.05) is 53.2 Å². The quantitative estimate of drug-likeness (QED) is 0.628. The number of fused-ring (bicyclic) bond motifs is 1. The van der Waals surface area contributed by atoms with Crippen LogP contribution in [0, 0.1) is 0 Å². The zero-order valence-corrected chi connectivity index (χ0v) is 12.8. The summed E-state index contributed by atoms with van der Waals surface area (Å²) in [7, 11) is 0. The number of hydrogen-bond donors (Lipinski definition) is 1. The van der Waals surface area contributed by atoms with Gasteiger partial charge >= 0.3 is 0 Å². The van der Waals surface area contributed by atoms with Crippen molar-refractivity contribution in [3.8, 4) is 5.69 Å². The molecule has 0 amide bonds. The highest BCUT2D eigenvalue weighted by Gasteiger charge is 2.05. The number of para-hydroxylation sites is 1. The van der Waals surface area contributed by atoms with Crippen molar-refractivity contribution < 1.29 is 0 Å². The van der Waals surface area contributed by atoms with Crippen molar-refractivity contribution in [2.45, 2.75) is 6.54 Å². The first-order chi connectivity index (χ1) is 11.8. The largest absolute Gasteiger partial charge is 0.366 e. The number of hydrogen-bond acceptors (Lipinski definition) is 4. The number of imidazole rings is 1. The topological polar surface area (TPSA) is 64.2 Å². The van der Waals surface area contributed by atoms with Gasteiger partial charge in [-0.15, -0.1) is 0 Å². The average molecular weight is 317 g/mol. The Balaban J connectivity index is 1.63. The molecule has 6 nitrogen and oxygen atoms in total. The molecular weight excluding hydrogens is 302 g/mol. The molecule has 0 aliphatic rings. The van der Waals surface area contributed by atoms with Crippen LogP contribution in [0.3, 0.4) is 0 Å². The number of anilines is 1. The van der Waals surface area contributed by atoms with E-state index in [4.69, 9.17) is 0 Å². The summed E-state index contributed by atoms with van der Waals surface area (Å²) in [5, 5.41) is 3.24. The molecule has 0 fully saturated rings. The van der Waals surface area contributed by atoms with Gasteiger partial charge in [0.1, 0.15) is 11.5 Å². The minimum Gasteiger partial charge on any atom is -0.366 e. The van der Waals surface area contributed by atoms with Gasteiger partial charge in [0.05, 0.1) is 12.0 Å². The molecule has 1 aromatic carbocycles. The minimum atomic E-state index is -0.106. The predicted octanol–water partition coefficient (Wildman–Crippen LogP) is 2.49.